The summed E-state index contributed by atoms with van der Waals surface area (Å²) in [5, 5.41) is 3.32. The minimum Gasteiger partial charge on any atom is -0.384 e. The molecule has 1 unspecified atom stereocenters. The van der Waals surface area contributed by atoms with Crippen LogP contribution in [0.4, 0.5) is 5.69 Å². The average Bonchev–Trinajstić information content (AvgIpc) is 2.53. The topological polar surface area (TPSA) is 41.6 Å². The lowest BCUT2D eigenvalue weighted by molar-refractivity contribution is -0.000171. The first-order chi connectivity index (χ1) is 10.2. The van der Waals surface area contributed by atoms with Crippen LogP contribution >= 0.6 is 0 Å². The van der Waals surface area contributed by atoms with E-state index in [0.717, 1.165) is 43.7 Å². The number of nitrogens with one attached hydrogen (secondary N) is 1. The molecule has 1 amide bonds. The molecule has 1 aromatic carbocycles. The van der Waals surface area contributed by atoms with Crippen LogP contribution in [0.1, 0.15) is 43.0 Å². The van der Waals surface area contributed by atoms with Gasteiger partial charge in [-0.2, -0.15) is 0 Å². The van der Waals surface area contributed by atoms with Crippen LogP contribution in [0.5, 0.6) is 0 Å². The van der Waals surface area contributed by atoms with Gasteiger partial charge in [0.1, 0.15) is 0 Å². The molecule has 4 nitrogen and oxygen atoms in total. The maximum Gasteiger partial charge on any atom is 0.255 e. The molecule has 1 aromatic rings. The van der Waals surface area contributed by atoms with E-state index in [9.17, 15) is 4.79 Å². The molecule has 1 aliphatic heterocycles. The monoisotopic (exact) mass is 290 g/mol. The summed E-state index contributed by atoms with van der Waals surface area (Å²) in [7, 11) is 1.86. The number of likely N-dealkylation sites (N-methyl/N-ethyl adjacent to an activating group) is 1. The van der Waals surface area contributed by atoms with Gasteiger partial charge in [0, 0.05) is 32.4 Å². The molecular formula is C17H26N2O2. The van der Waals surface area contributed by atoms with Gasteiger partial charge in [-0.15, -0.1) is 0 Å². The molecule has 1 aliphatic rings. The summed E-state index contributed by atoms with van der Waals surface area (Å²) in [5.74, 6) is 0.0587. The average molecular weight is 290 g/mol. The van der Waals surface area contributed by atoms with Crippen LogP contribution in [0.15, 0.2) is 24.3 Å². The lowest BCUT2D eigenvalue weighted by atomic mass is 10.1. The molecule has 0 bridgehead atoms. The number of hydrogen-bond donors (Lipinski definition) is 1. The number of amides is 1. The van der Waals surface area contributed by atoms with Crippen molar-refractivity contribution in [2.24, 2.45) is 0 Å². The van der Waals surface area contributed by atoms with E-state index in [4.69, 9.17) is 4.74 Å². The van der Waals surface area contributed by atoms with E-state index in [1.165, 1.54) is 6.42 Å². The second-order valence-electron chi connectivity index (χ2n) is 5.65. The Morgan fingerprint density at radius 3 is 2.90 bits per heavy atom. The molecule has 0 saturated carbocycles. The molecule has 2 rings (SSSR count). The molecule has 1 atom stereocenters. The Balaban J connectivity index is 2.00. The fourth-order valence-corrected chi connectivity index (χ4v) is 2.63. The highest BCUT2D eigenvalue weighted by Crippen LogP contribution is 2.19. The molecule has 4 heteroatoms. The summed E-state index contributed by atoms with van der Waals surface area (Å²) >= 11 is 0. The largest absolute Gasteiger partial charge is 0.384 e. The van der Waals surface area contributed by atoms with Crippen molar-refractivity contribution < 1.29 is 9.53 Å². The van der Waals surface area contributed by atoms with E-state index < -0.39 is 0 Å². The molecule has 1 saturated heterocycles. The third kappa shape index (κ3) is 4.46. The fraction of sp³-hybridized carbons (Fsp3) is 0.588. The number of hydrogen-bond acceptors (Lipinski definition) is 3. The van der Waals surface area contributed by atoms with Gasteiger partial charge in [0.25, 0.3) is 5.91 Å². The van der Waals surface area contributed by atoms with E-state index in [-0.39, 0.29) is 12.0 Å². The van der Waals surface area contributed by atoms with Crippen molar-refractivity contribution in [3.8, 4) is 0 Å². The van der Waals surface area contributed by atoms with Gasteiger partial charge in [0.15, 0.2) is 0 Å². The van der Waals surface area contributed by atoms with E-state index in [1.54, 1.807) is 4.90 Å². The summed E-state index contributed by atoms with van der Waals surface area (Å²) in [6, 6.07) is 7.72. The number of rotatable bonds is 6. The van der Waals surface area contributed by atoms with E-state index in [2.05, 4.69) is 12.2 Å². The van der Waals surface area contributed by atoms with Crippen molar-refractivity contribution in [2.75, 3.05) is 32.1 Å². The number of anilines is 1. The van der Waals surface area contributed by atoms with Gasteiger partial charge >= 0.3 is 0 Å². The maximum atomic E-state index is 12.6. The van der Waals surface area contributed by atoms with Gasteiger partial charge in [-0.3, -0.25) is 4.79 Å². The predicted octanol–water partition coefficient (Wildman–Crippen LogP) is 3.15. The smallest absolute Gasteiger partial charge is 0.255 e. The Labute approximate surface area is 127 Å². The highest BCUT2D eigenvalue weighted by Gasteiger charge is 2.21. The molecule has 0 aliphatic carbocycles. The van der Waals surface area contributed by atoms with Crippen LogP contribution < -0.4 is 5.32 Å². The molecule has 1 heterocycles. The predicted molar refractivity (Wildman–Crippen MR) is 85.8 cm³/mol. The van der Waals surface area contributed by atoms with Crippen molar-refractivity contribution in [3.63, 3.8) is 0 Å². The Kier molecular flexibility index (Phi) is 6.05. The minimum absolute atomic E-state index is 0.0587. The zero-order valence-corrected chi connectivity index (χ0v) is 13.1. The van der Waals surface area contributed by atoms with Crippen LogP contribution in [0.3, 0.4) is 0 Å². The summed E-state index contributed by atoms with van der Waals surface area (Å²) in [6.45, 7) is 4.48. The molecule has 116 valence electrons. The van der Waals surface area contributed by atoms with Gasteiger partial charge in [0.2, 0.25) is 0 Å². The quantitative estimate of drug-likeness (QED) is 0.875. The zero-order valence-electron chi connectivity index (χ0n) is 13.1. The van der Waals surface area contributed by atoms with Crippen LogP contribution in [0.2, 0.25) is 0 Å². The Bertz CT molecular complexity index is 456. The third-order valence-electron chi connectivity index (χ3n) is 3.82. The van der Waals surface area contributed by atoms with Crippen LogP contribution in [-0.4, -0.2) is 43.7 Å². The number of ether oxygens (including phenoxy) is 1. The SMILES string of the molecule is CCCNc1ccccc1C(=O)N(C)CC1CCCCO1. The van der Waals surface area contributed by atoms with Crippen molar-refractivity contribution in [1.29, 1.82) is 0 Å². The Morgan fingerprint density at radius 1 is 1.38 bits per heavy atom. The normalized spacial score (nSPS) is 18.3. The number of carbonyl (C=O) groups excluding carboxylic acids is 1. The van der Waals surface area contributed by atoms with Crippen molar-refractivity contribution in [2.45, 2.75) is 38.7 Å². The van der Waals surface area contributed by atoms with Crippen molar-refractivity contribution in [1.82, 2.24) is 4.90 Å². The van der Waals surface area contributed by atoms with E-state index >= 15 is 0 Å². The standard InChI is InChI=1S/C17H26N2O2/c1-3-11-18-16-10-5-4-9-15(16)17(20)19(2)13-14-8-6-7-12-21-14/h4-5,9-10,14,18H,3,6-8,11-13H2,1-2H3. The Morgan fingerprint density at radius 2 is 2.19 bits per heavy atom. The summed E-state index contributed by atoms with van der Waals surface area (Å²) < 4.78 is 5.72. The fourth-order valence-electron chi connectivity index (χ4n) is 2.63. The summed E-state index contributed by atoms with van der Waals surface area (Å²) in [4.78, 5) is 14.4. The van der Waals surface area contributed by atoms with Gasteiger partial charge in [-0.25, -0.2) is 0 Å². The molecule has 21 heavy (non-hydrogen) atoms. The van der Waals surface area contributed by atoms with Gasteiger partial charge in [-0.05, 0) is 37.8 Å². The summed E-state index contributed by atoms with van der Waals surface area (Å²) in [5.41, 5.74) is 1.66. The highest BCUT2D eigenvalue weighted by atomic mass is 16.5. The van der Waals surface area contributed by atoms with E-state index in [1.807, 2.05) is 31.3 Å². The van der Waals surface area contributed by atoms with Gasteiger partial charge in [0.05, 0.1) is 11.7 Å². The van der Waals surface area contributed by atoms with Crippen LogP contribution in [-0.2, 0) is 4.74 Å². The number of para-hydroxylation sites is 1. The number of nitrogens with zero attached hydrogens (tertiary/aromatic N) is 1. The number of benzene rings is 1. The molecular weight excluding hydrogens is 264 g/mol. The maximum absolute atomic E-state index is 12.6. The lowest BCUT2D eigenvalue weighted by Crippen LogP contribution is -2.37. The zero-order chi connectivity index (χ0) is 15.1. The van der Waals surface area contributed by atoms with Crippen molar-refractivity contribution in [3.05, 3.63) is 29.8 Å². The second-order valence-corrected chi connectivity index (χ2v) is 5.65. The van der Waals surface area contributed by atoms with Crippen molar-refractivity contribution >= 4 is 11.6 Å². The first-order valence-electron chi connectivity index (χ1n) is 7.92. The van der Waals surface area contributed by atoms with Gasteiger partial charge < -0.3 is 15.0 Å². The lowest BCUT2D eigenvalue weighted by Gasteiger charge is -2.28. The molecule has 0 radical (unpaired) electrons. The third-order valence-corrected chi connectivity index (χ3v) is 3.82. The number of carbonyl (C=O) groups is 1. The second kappa shape index (κ2) is 8.03. The molecule has 1 N–H and O–H groups in total. The molecule has 1 fully saturated rings. The Hall–Kier alpha value is -1.55. The highest BCUT2D eigenvalue weighted by molar-refractivity contribution is 5.99. The summed E-state index contributed by atoms with van der Waals surface area (Å²) in [6.07, 6.45) is 4.60. The minimum atomic E-state index is 0.0587. The molecule has 0 aromatic heterocycles. The molecule has 0 spiro atoms. The van der Waals surface area contributed by atoms with Crippen LogP contribution in [0.25, 0.3) is 0 Å². The first kappa shape index (κ1) is 15.8. The van der Waals surface area contributed by atoms with E-state index in [0.29, 0.717) is 6.54 Å². The van der Waals surface area contributed by atoms with Crippen LogP contribution in [0, 0.1) is 0 Å². The first-order valence-corrected chi connectivity index (χ1v) is 7.92. The van der Waals surface area contributed by atoms with Gasteiger partial charge in [-0.1, -0.05) is 19.1 Å².